The molecule has 1 aromatic rings. The van der Waals surface area contributed by atoms with Crippen molar-refractivity contribution in [3.8, 4) is 0 Å². The van der Waals surface area contributed by atoms with Crippen molar-refractivity contribution in [2.24, 2.45) is 5.73 Å². The number of unbranched alkanes of at least 4 members (excludes halogenated alkanes) is 1. The number of carboxylic acid groups (broad SMARTS) is 1. The minimum absolute atomic E-state index is 0.0315. The highest BCUT2D eigenvalue weighted by Gasteiger charge is 2.17. The summed E-state index contributed by atoms with van der Waals surface area (Å²) in [5.41, 5.74) is 6.94. The number of primary amides is 1. The molecule has 19 heavy (non-hydrogen) atoms. The lowest BCUT2D eigenvalue weighted by Crippen LogP contribution is -2.35. The maximum atomic E-state index is 11.3. The van der Waals surface area contributed by atoms with Crippen molar-refractivity contribution in [3.63, 3.8) is 0 Å². The van der Waals surface area contributed by atoms with Gasteiger partial charge in [0.05, 0.1) is 17.8 Å². The summed E-state index contributed by atoms with van der Waals surface area (Å²) in [6.45, 7) is 4.57. The number of benzene rings is 1. The Labute approximate surface area is 113 Å². The quantitative estimate of drug-likeness (QED) is 0.786. The summed E-state index contributed by atoms with van der Waals surface area (Å²) in [5.74, 6) is -1.46. The van der Waals surface area contributed by atoms with Crippen molar-refractivity contribution in [3.05, 3.63) is 29.3 Å². The Morgan fingerprint density at radius 3 is 2.58 bits per heavy atom. The fourth-order valence-electron chi connectivity index (χ4n) is 1.91. The van der Waals surface area contributed by atoms with E-state index in [0.717, 1.165) is 18.4 Å². The second kappa shape index (κ2) is 6.78. The lowest BCUT2D eigenvalue weighted by atomic mass is 10.1. The van der Waals surface area contributed by atoms with E-state index in [1.54, 1.807) is 23.1 Å². The van der Waals surface area contributed by atoms with Crippen LogP contribution in [0.25, 0.3) is 0 Å². The van der Waals surface area contributed by atoms with E-state index >= 15 is 0 Å². The highest BCUT2D eigenvalue weighted by molar-refractivity contribution is 5.95. The summed E-state index contributed by atoms with van der Waals surface area (Å²) in [6.07, 6.45) is 1.84. The molecule has 0 unspecified atom stereocenters. The zero-order valence-corrected chi connectivity index (χ0v) is 11.3. The zero-order valence-electron chi connectivity index (χ0n) is 11.3. The van der Waals surface area contributed by atoms with E-state index in [9.17, 15) is 14.7 Å². The number of aromatic carboxylic acids is 1. The average Bonchev–Trinajstić information content (AvgIpc) is 2.33. The van der Waals surface area contributed by atoms with Gasteiger partial charge in [0.1, 0.15) is 0 Å². The van der Waals surface area contributed by atoms with E-state index in [1.165, 1.54) is 0 Å². The van der Waals surface area contributed by atoms with Crippen molar-refractivity contribution >= 4 is 17.6 Å². The Morgan fingerprint density at radius 1 is 1.37 bits per heavy atom. The lowest BCUT2D eigenvalue weighted by molar-refractivity contribution is -0.116. The van der Waals surface area contributed by atoms with Crippen LogP contribution in [0.1, 0.15) is 35.7 Å². The van der Waals surface area contributed by atoms with Crippen molar-refractivity contribution < 1.29 is 14.7 Å². The van der Waals surface area contributed by atoms with Crippen molar-refractivity contribution in [2.45, 2.75) is 26.7 Å². The van der Waals surface area contributed by atoms with Crippen molar-refractivity contribution in [1.29, 1.82) is 0 Å². The van der Waals surface area contributed by atoms with Gasteiger partial charge in [0.2, 0.25) is 5.91 Å². The number of carboxylic acids is 1. The van der Waals surface area contributed by atoms with Gasteiger partial charge in [-0.1, -0.05) is 19.4 Å². The molecule has 0 radical (unpaired) electrons. The maximum absolute atomic E-state index is 11.3. The molecule has 0 saturated carbocycles. The fraction of sp³-hybridized carbons (Fsp3) is 0.429. The Morgan fingerprint density at radius 2 is 2.05 bits per heavy atom. The molecule has 0 saturated heterocycles. The maximum Gasteiger partial charge on any atom is 0.337 e. The van der Waals surface area contributed by atoms with Crippen molar-refractivity contribution in [1.82, 2.24) is 0 Å². The summed E-state index contributed by atoms with van der Waals surface area (Å²) in [4.78, 5) is 24.1. The summed E-state index contributed by atoms with van der Waals surface area (Å²) < 4.78 is 0. The Kier molecular flexibility index (Phi) is 5.36. The molecule has 0 fully saturated rings. The average molecular weight is 264 g/mol. The molecule has 1 amide bonds. The first-order valence-electron chi connectivity index (χ1n) is 6.33. The lowest BCUT2D eigenvalue weighted by Gasteiger charge is -2.25. The minimum atomic E-state index is -0.999. The number of anilines is 1. The SMILES string of the molecule is CCCCN(CC(N)=O)c1cc(C)ccc1C(=O)O. The van der Waals surface area contributed by atoms with Crippen LogP contribution in [-0.4, -0.2) is 30.1 Å². The summed E-state index contributed by atoms with van der Waals surface area (Å²) in [6, 6.07) is 5.09. The van der Waals surface area contributed by atoms with Gasteiger partial charge in [0.25, 0.3) is 0 Å². The van der Waals surface area contributed by atoms with Crippen molar-refractivity contribution in [2.75, 3.05) is 18.0 Å². The molecule has 5 heteroatoms. The van der Waals surface area contributed by atoms with Gasteiger partial charge in [-0.25, -0.2) is 4.79 Å². The molecule has 0 spiro atoms. The molecule has 0 atom stereocenters. The number of nitrogens with zero attached hydrogens (tertiary/aromatic N) is 1. The van der Waals surface area contributed by atoms with E-state index in [2.05, 4.69) is 0 Å². The Balaban J connectivity index is 3.14. The largest absolute Gasteiger partial charge is 0.478 e. The van der Waals surface area contributed by atoms with Crippen LogP contribution in [0.4, 0.5) is 5.69 Å². The highest BCUT2D eigenvalue weighted by atomic mass is 16.4. The van der Waals surface area contributed by atoms with Crippen LogP contribution >= 0.6 is 0 Å². The second-order valence-electron chi connectivity index (χ2n) is 4.57. The van der Waals surface area contributed by atoms with Crippen LogP contribution in [0.2, 0.25) is 0 Å². The molecule has 104 valence electrons. The number of carbonyl (C=O) groups excluding carboxylic acids is 1. The zero-order chi connectivity index (χ0) is 14.4. The highest BCUT2D eigenvalue weighted by Crippen LogP contribution is 2.22. The van der Waals surface area contributed by atoms with Crippen LogP contribution in [0.3, 0.4) is 0 Å². The van der Waals surface area contributed by atoms with Gasteiger partial charge in [0, 0.05) is 6.54 Å². The number of hydrogen-bond acceptors (Lipinski definition) is 3. The van der Waals surface area contributed by atoms with E-state index in [4.69, 9.17) is 5.73 Å². The van der Waals surface area contributed by atoms with Gasteiger partial charge in [-0.2, -0.15) is 0 Å². The molecular weight excluding hydrogens is 244 g/mol. The number of aryl methyl sites for hydroxylation is 1. The number of nitrogens with two attached hydrogens (primary N) is 1. The van der Waals surface area contributed by atoms with E-state index in [0.29, 0.717) is 12.2 Å². The molecule has 0 heterocycles. The van der Waals surface area contributed by atoms with Crippen LogP contribution < -0.4 is 10.6 Å². The van der Waals surface area contributed by atoms with Gasteiger partial charge in [-0.3, -0.25) is 4.79 Å². The molecule has 0 aliphatic carbocycles. The molecule has 1 aromatic carbocycles. The summed E-state index contributed by atoms with van der Waals surface area (Å²) in [7, 11) is 0. The first-order chi connectivity index (χ1) is 8.95. The van der Waals surface area contributed by atoms with Gasteiger partial charge in [-0.15, -0.1) is 0 Å². The first-order valence-corrected chi connectivity index (χ1v) is 6.33. The third kappa shape index (κ3) is 4.28. The van der Waals surface area contributed by atoms with Gasteiger partial charge in [0.15, 0.2) is 0 Å². The van der Waals surface area contributed by atoms with Gasteiger partial charge < -0.3 is 15.7 Å². The molecule has 1 rings (SSSR count). The van der Waals surface area contributed by atoms with Crippen LogP contribution in [0, 0.1) is 6.92 Å². The normalized spacial score (nSPS) is 10.2. The van der Waals surface area contributed by atoms with Crippen LogP contribution in [0.15, 0.2) is 18.2 Å². The van der Waals surface area contributed by atoms with Crippen LogP contribution in [-0.2, 0) is 4.79 Å². The smallest absolute Gasteiger partial charge is 0.337 e. The Hall–Kier alpha value is -2.04. The predicted molar refractivity (Wildman–Crippen MR) is 74.5 cm³/mol. The molecule has 0 aliphatic rings. The summed E-state index contributed by atoms with van der Waals surface area (Å²) in [5, 5.41) is 9.22. The number of amides is 1. The predicted octanol–water partition coefficient (Wildman–Crippen LogP) is 1.79. The topological polar surface area (TPSA) is 83.6 Å². The van der Waals surface area contributed by atoms with Crippen LogP contribution in [0.5, 0.6) is 0 Å². The molecule has 5 nitrogen and oxygen atoms in total. The Bertz CT molecular complexity index is 472. The molecular formula is C14H20N2O3. The molecule has 0 bridgehead atoms. The minimum Gasteiger partial charge on any atom is -0.478 e. The first kappa shape index (κ1) is 15.0. The van der Waals surface area contributed by atoms with Gasteiger partial charge >= 0.3 is 5.97 Å². The second-order valence-corrected chi connectivity index (χ2v) is 4.57. The monoisotopic (exact) mass is 264 g/mol. The molecule has 0 aromatic heterocycles. The van der Waals surface area contributed by atoms with Gasteiger partial charge in [-0.05, 0) is 31.0 Å². The van der Waals surface area contributed by atoms with E-state index < -0.39 is 11.9 Å². The van der Waals surface area contributed by atoms with E-state index in [-0.39, 0.29) is 12.1 Å². The van der Waals surface area contributed by atoms with E-state index in [1.807, 2.05) is 13.8 Å². The number of rotatable bonds is 7. The molecule has 0 aliphatic heterocycles. The number of carbonyl (C=O) groups is 2. The third-order valence-corrected chi connectivity index (χ3v) is 2.85. The fourth-order valence-corrected chi connectivity index (χ4v) is 1.91. The molecule has 3 N–H and O–H groups in total. The number of hydrogen-bond donors (Lipinski definition) is 2. The summed E-state index contributed by atoms with van der Waals surface area (Å²) >= 11 is 0. The standard InChI is InChI=1S/C14H20N2O3/c1-3-4-7-16(9-13(15)17)12-8-10(2)5-6-11(12)14(18)19/h5-6,8H,3-4,7,9H2,1-2H3,(H2,15,17)(H,18,19). The third-order valence-electron chi connectivity index (χ3n) is 2.85.